The zero-order valence-electron chi connectivity index (χ0n) is 20.3. The molecule has 1 heterocycles. The second-order valence-corrected chi connectivity index (χ2v) is 10.9. The van der Waals surface area contributed by atoms with E-state index in [9.17, 15) is 8.42 Å². The van der Waals surface area contributed by atoms with Crippen molar-refractivity contribution in [2.45, 2.75) is 37.1 Å². The smallest absolute Gasteiger partial charge is 0.261 e. The number of rotatable bonds is 6. The summed E-state index contributed by atoms with van der Waals surface area (Å²) in [4.78, 5) is 0.261. The number of benzene rings is 3. The van der Waals surface area contributed by atoms with Gasteiger partial charge in [0, 0.05) is 17.2 Å². The average molecular weight is 491 g/mol. The van der Waals surface area contributed by atoms with E-state index < -0.39 is 10.0 Å². The van der Waals surface area contributed by atoms with Gasteiger partial charge in [0.15, 0.2) is 11.5 Å². The van der Waals surface area contributed by atoms with Gasteiger partial charge in [0.1, 0.15) is 0 Å². The maximum atomic E-state index is 13.3. The highest BCUT2D eigenvalue weighted by atomic mass is 32.2. The first kappa shape index (κ1) is 23.3. The zero-order valence-corrected chi connectivity index (χ0v) is 21.1. The Morgan fingerprint density at radius 3 is 2.40 bits per heavy atom. The number of fused-ring (bicyclic) bond motifs is 3. The van der Waals surface area contributed by atoms with Crippen LogP contribution in [0.25, 0.3) is 0 Å². The van der Waals surface area contributed by atoms with Crippen LogP contribution in [-0.4, -0.2) is 22.6 Å². The standard InChI is InChI=1S/C28H30N2O4S/c1-17-8-5-9-18(2)26(17)30-35(31,32)19-14-15-24-23(16-19)20-10-6-11-21(20)27(29-24)22-12-7-13-25(33-3)28(22)34-4/h5-10,12-16,20-21,27,29-30H,11H2,1-4H3/t20-,21+,27+/m0/s1. The molecule has 0 amide bonds. The summed E-state index contributed by atoms with van der Waals surface area (Å²) in [7, 11) is -0.450. The molecule has 0 spiro atoms. The molecule has 182 valence electrons. The molecule has 3 atom stereocenters. The molecule has 0 radical (unpaired) electrons. The largest absolute Gasteiger partial charge is 0.493 e. The van der Waals surface area contributed by atoms with Crippen LogP contribution in [0.5, 0.6) is 11.5 Å². The number of aryl methyl sites for hydroxylation is 2. The fraction of sp³-hybridized carbons (Fsp3) is 0.286. The van der Waals surface area contributed by atoms with E-state index >= 15 is 0 Å². The van der Waals surface area contributed by atoms with Crippen LogP contribution in [-0.2, 0) is 10.0 Å². The van der Waals surface area contributed by atoms with E-state index in [4.69, 9.17) is 9.47 Å². The lowest BCUT2D eigenvalue weighted by Crippen LogP contribution is -2.29. The molecule has 6 nitrogen and oxygen atoms in total. The van der Waals surface area contributed by atoms with Gasteiger partial charge in [-0.05, 0) is 67.1 Å². The van der Waals surface area contributed by atoms with Crippen LogP contribution in [0.2, 0.25) is 0 Å². The first-order valence-corrected chi connectivity index (χ1v) is 13.2. The second-order valence-electron chi connectivity index (χ2n) is 9.18. The predicted octanol–water partition coefficient (Wildman–Crippen LogP) is 5.95. The number of allylic oxidation sites excluding steroid dienone is 2. The van der Waals surface area contributed by atoms with Gasteiger partial charge in [0.05, 0.1) is 30.8 Å². The molecule has 0 saturated carbocycles. The van der Waals surface area contributed by atoms with E-state index in [2.05, 4.69) is 28.3 Å². The van der Waals surface area contributed by atoms with Crippen LogP contribution in [0.3, 0.4) is 0 Å². The number of hydrogen-bond acceptors (Lipinski definition) is 5. The molecular weight excluding hydrogens is 460 g/mol. The van der Waals surface area contributed by atoms with Crippen molar-refractivity contribution < 1.29 is 17.9 Å². The fourth-order valence-electron chi connectivity index (χ4n) is 5.37. The van der Waals surface area contributed by atoms with E-state index in [0.29, 0.717) is 11.4 Å². The monoisotopic (exact) mass is 490 g/mol. The summed E-state index contributed by atoms with van der Waals surface area (Å²) in [6.45, 7) is 3.81. The lowest BCUT2D eigenvalue weighted by Gasteiger charge is -2.38. The summed E-state index contributed by atoms with van der Waals surface area (Å²) in [5.41, 5.74) is 5.37. The van der Waals surface area contributed by atoms with E-state index in [1.807, 2.05) is 56.3 Å². The van der Waals surface area contributed by atoms with E-state index in [-0.39, 0.29) is 22.8 Å². The Morgan fingerprint density at radius 1 is 0.943 bits per heavy atom. The Kier molecular flexibility index (Phi) is 5.97. The van der Waals surface area contributed by atoms with Crippen molar-refractivity contribution in [2.75, 3.05) is 24.3 Å². The van der Waals surface area contributed by atoms with Crippen LogP contribution in [0.4, 0.5) is 11.4 Å². The van der Waals surface area contributed by atoms with Gasteiger partial charge in [-0.3, -0.25) is 4.72 Å². The number of methoxy groups -OCH3 is 2. The van der Waals surface area contributed by atoms with Crippen LogP contribution >= 0.6 is 0 Å². The number of sulfonamides is 1. The first-order valence-electron chi connectivity index (χ1n) is 11.7. The maximum absolute atomic E-state index is 13.3. The Morgan fingerprint density at radius 2 is 1.69 bits per heavy atom. The third kappa shape index (κ3) is 4.04. The lowest BCUT2D eigenvalue weighted by molar-refractivity contribution is 0.341. The molecule has 35 heavy (non-hydrogen) atoms. The molecule has 1 aliphatic heterocycles. The molecule has 0 bridgehead atoms. The van der Waals surface area contributed by atoms with Crippen molar-refractivity contribution >= 4 is 21.4 Å². The SMILES string of the molecule is COc1cccc([C@@H]2Nc3ccc(S(=O)(=O)Nc4c(C)cccc4C)cc3[C@H]3C=CC[C@H]32)c1OC. The third-order valence-electron chi connectivity index (χ3n) is 7.13. The van der Waals surface area contributed by atoms with Gasteiger partial charge in [-0.2, -0.15) is 0 Å². The van der Waals surface area contributed by atoms with Crippen molar-refractivity contribution in [3.63, 3.8) is 0 Å². The Labute approximate surface area is 207 Å². The van der Waals surface area contributed by atoms with Crippen molar-refractivity contribution in [3.05, 3.63) is 89.0 Å². The van der Waals surface area contributed by atoms with E-state index in [1.54, 1.807) is 20.3 Å². The van der Waals surface area contributed by atoms with Crippen LogP contribution in [0.15, 0.2) is 71.6 Å². The van der Waals surface area contributed by atoms with Gasteiger partial charge in [0.25, 0.3) is 10.0 Å². The van der Waals surface area contributed by atoms with Gasteiger partial charge in [0.2, 0.25) is 0 Å². The highest BCUT2D eigenvalue weighted by molar-refractivity contribution is 7.92. The molecule has 0 fully saturated rings. The van der Waals surface area contributed by atoms with Gasteiger partial charge in [-0.1, -0.05) is 42.5 Å². The van der Waals surface area contributed by atoms with Crippen LogP contribution in [0.1, 0.15) is 40.6 Å². The molecule has 0 aromatic heterocycles. The molecule has 2 aliphatic rings. The Hall–Kier alpha value is -3.45. The predicted molar refractivity (Wildman–Crippen MR) is 139 cm³/mol. The number of para-hydroxylation sites is 2. The highest BCUT2D eigenvalue weighted by Gasteiger charge is 2.40. The second kappa shape index (κ2) is 8.96. The summed E-state index contributed by atoms with van der Waals surface area (Å²) >= 11 is 0. The molecule has 3 aromatic carbocycles. The van der Waals surface area contributed by atoms with Gasteiger partial charge < -0.3 is 14.8 Å². The van der Waals surface area contributed by atoms with Crippen LogP contribution in [0, 0.1) is 19.8 Å². The average Bonchev–Trinajstić information content (AvgIpc) is 3.35. The Bertz CT molecular complexity index is 1390. The summed E-state index contributed by atoms with van der Waals surface area (Å²) < 4.78 is 40.7. The van der Waals surface area contributed by atoms with Crippen molar-refractivity contribution in [3.8, 4) is 11.5 Å². The molecule has 3 aromatic rings. The molecule has 7 heteroatoms. The number of ether oxygens (including phenoxy) is 2. The number of nitrogens with one attached hydrogen (secondary N) is 2. The van der Waals surface area contributed by atoms with E-state index in [0.717, 1.165) is 40.1 Å². The summed E-state index contributed by atoms with van der Waals surface area (Å²) in [6.07, 6.45) is 5.26. The summed E-state index contributed by atoms with van der Waals surface area (Å²) in [5, 5.41) is 3.67. The quantitative estimate of drug-likeness (QED) is 0.418. The Balaban J connectivity index is 1.53. The zero-order chi connectivity index (χ0) is 24.7. The number of anilines is 2. The van der Waals surface area contributed by atoms with Crippen LogP contribution < -0.4 is 19.5 Å². The fourth-order valence-corrected chi connectivity index (χ4v) is 6.61. The van der Waals surface area contributed by atoms with Gasteiger partial charge >= 0.3 is 0 Å². The van der Waals surface area contributed by atoms with E-state index in [1.165, 1.54) is 0 Å². The first-order chi connectivity index (χ1) is 16.8. The molecule has 0 saturated heterocycles. The lowest BCUT2D eigenvalue weighted by atomic mass is 9.77. The van der Waals surface area contributed by atoms with Gasteiger partial charge in [-0.25, -0.2) is 8.42 Å². The molecule has 2 N–H and O–H groups in total. The highest BCUT2D eigenvalue weighted by Crippen LogP contribution is 2.52. The van der Waals surface area contributed by atoms with Crippen molar-refractivity contribution in [1.82, 2.24) is 0 Å². The minimum Gasteiger partial charge on any atom is -0.493 e. The minimum absolute atomic E-state index is 0.00255. The van der Waals surface area contributed by atoms with Crippen molar-refractivity contribution in [2.24, 2.45) is 5.92 Å². The maximum Gasteiger partial charge on any atom is 0.261 e. The summed E-state index contributed by atoms with van der Waals surface area (Å²) in [5.74, 6) is 1.74. The normalized spacial score (nSPS) is 20.5. The summed E-state index contributed by atoms with van der Waals surface area (Å²) in [6, 6.07) is 17.0. The van der Waals surface area contributed by atoms with Gasteiger partial charge in [-0.15, -0.1) is 0 Å². The molecule has 5 rings (SSSR count). The molecule has 0 unspecified atom stereocenters. The minimum atomic E-state index is -3.74. The molecular formula is C28H30N2O4S. The third-order valence-corrected chi connectivity index (χ3v) is 8.48. The van der Waals surface area contributed by atoms with Crippen molar-refractivity contribution in [1.29, 1.82) is 0 Å². The molecule has 1 aliphatic carbocycles. The number of hydrogen-bond donors (Lipinski definition) is 2. The topological polar surface area (TPSA) is 76.7 Å².